The minimum Gasteiger partial charge on any atom is -0.307 e. The Balaban J connectivity index is 1.68. The third-order valence-corrected chi connectivity index (χ3v) is 6.50. The lowest BCUT2D eigenvalue weighted by Crippen LogP contribution is -2.57. The molecular weight excluding hydrogens is 354 g/mol. The van der Waals surface area contributed by atoms with Gasteiger partial charge in [-0.25, -0.2) is 4.21 Å². The monoisotopic (exact) mass is 383 g/mol. The van der Waals surface area contributed by atoms with Crippen molar-refractivity contribution in [3.63, 3.8) is 0 Å². The van der Waals surface area contributed by atoms with Gasteiger partial charge in [0.15, 0.2) is 5.78 Å². The Bertz CT molecular complexity index is 809. The van der Waals surface area contributed by atoms with Crippen molar-refractivity contribution in [1.82, 2.24) is 5.32 Å². The highest BCUT2D eigenvalue weighted by Gasteiger charge is 2.38. The van der Waals surface area contributed by atoms with Crippen LogP contribution in [0, 0.1) is 5.92 Å². The van der Waals surface area contributed by atoms with Gasteiger partial charge in [0.25, 0.3) is 0 Å². The van der Waals surface area contributed by atoms with Crippen LogP contribution < -0.4 is 5.32 Å². The van der Waals surface area contributed by atoms with Crippen LogP contribution in [0.5, 0.6) is 0 Å². The van der Waals surface area contributed by atoms with Crippen LogP contribution in [0.2, 0.25) is 0 Å². The Morgan fingerprint density at radius 3 is 2.00 bits per heavy atom. The molecule has 1 fully saturated rings. The smallest absolute Gasteiger partial charge is 0.163 e. The minimum absolute atomic E-state index is 0.0448. The minimum atomic E-state index is -1.21. The molecule has 0 bridgehead atoms. The second-order valence-electron chi connectivity index (χ2n) is 8.90. The number of Topliss-reactive ketones (excluding diaryl/α,β-unsaturated/α-hetero) is 1. The highest BCUT2D eigenvalue weighted by molar-refractivity contribution is 7.85. The van der Waals surface area contributed by atoms with Crippen molar-refractivity contribution in [2.45, 2.75) is 67.8 Å². The molecule has 1 N–H and O–H groups in total. The van der Waals surface area contributed by atoms with Gasteiger partial charge < -0.3 is 5.32 Å². The fourth-order valence-corrected chi connectivity index (χ4v) is 5.56. The summed E-state index contributed by atoms with van der Waals surface area (Å²) in [5, 5.41) is 3.67. The number of hydrogen-bond acceptors (Lipinski definition) is 3. The summed E-state index contributed by atoms with van der Waals surface area (Å²) in [5.74, 6) is 0.549. The highest BCUT2D eigenvalue weighted by Crippen LogP contribution is 2.35. The lowest BCUT2D eigenvalue weighted by Gasteiger charge is -2.46. The van der Waals surface area contributed by atoms with Gasteiger partial charge >= 0.3 is 0 Å². The average molecular weight is 384 g/mol. The summed E-state index contributed by atoms with van der Waals surface area (Å²) < 4.78 is 12.6. The van der Waals surface area contributed by atoms with Crippen LogP contribution in [0.3, 0.4) is 0 Å². The van der Waals surface area contributed by atoms with Gasteiger partial charge in [0.1, 0.15) is 0 Å². The van der Waals surface area contributed by atoms with Gasteiger partial charge in [-0.1, -0.05) is 30.3 Å². The molecule has 1 heterocycles. The van der Waals surface area contributed by atoms with E-state index in [9.17, 15) is 9.00 Å². The molecule has 0 spiro atoms. The molecule has 0 amide bonds. The molecule has 0 saturated carbocycles. The molecule has 1 aliphatic heterocycles. The van der Waals surface area contributed by atoms with Gasteiger partial charge in [-0.15, -0.1) is 0 Å². The molecule has 0 aliphatic carbocycles. The SMILES string of the molecule is CC1(C)CC(CC(=O)c2ccc(S(=O)c3ccccc3)cc2)CC(C)(C)N1. The first kappa shape index (κ1) is 20.0. The zero-order valence-electron chi connectivity index (χ0n) is 16.6. The maximum atomic E-state index is 12.8. The standard InChI is InChI=1S/C23H29NO2S/c1-22(2)15-17(16-23(3,4)24-22)14-21(25)18-10-12-20(13-11-18)27(26)19-8-6-5-7-9-19/h5-13,17,24H,14-16H2,1-4H3. The number of carbonyl (C=O) groups is 1. The molecule has 1 aliphatic rings. The van der Waals surface area contributed by atoms with Gasteiger partial charge in [0.05, 0.1) is 10.8 Å². The molecule has 144 valence electrons. The first-order chi connectivity index (χ1) is 12.7. The van der Waals surface area contributed by atoms with Gasteiger partial charge in [0, 0.05) is 32.9 Å². The fraction of sp³-hybridized carbons (Fsp3) is 0.435. The summed E-state index contributed by atoms with van der Waals surface area (Å²) >= 11 is 0. The quantitative estimate of drug-likeness (QED) is 0.741. The van der Waals surface area contributed by atoms with Crippen molar-refractivity contribution in [1.29, 1.82) is 0 Å². The predicted octanol–water partition coefficient (Wildman–Crippen LogP) is 4.98. The van der Waals surface area contributed by atoms with E-state index in [0.29, 0.717) is 17.9 Å². The summed E-state index contributed by atoms with van der Waals surface area (Å²) in [7, 11) is -1.21. The van der Waals surface area contributed by atoms with Gasteiger partial charge in [0.2, 0.25) is 0 Å². The fourth-order valence-electron chi connectivity index (χ4n) is 4.50. The van der Waals surface area contributed by atoms with Crippen LogP contribution in [0.1, 0.15) is 57.3 Å². The van der Waals surface area contributed by atoms with E-state index in [-0.39, 0.29) is 16.9 Å². The summed E-state index contributed by atoms with van der Waals surface area (Å²) in [4.78, 5) is 14.3. The van der Waals surface area contributed by atoms with Crippen molar-refractivity contribution in [3.05, 3.63) is 60.2 Å². The van der Waals surface area contributed by atoms with Crippen LogP contribution in [0.25, 0.3) is 0 Å². The van der Waals surface area contributed by atoms with E-state index in [2.05, 4.69) is 33.0 Å². The Labute approximate surface area is 165 Å². The zero-order valence-corrected chi connectivity index (χ0v) is 17.4. The lowest BCUT2D eigenvalue weighted by atomic mass is 9.74. The predicted molar refractivity (Wildman–Crippen MR) is 111 cm³/mol. The Morgan fingerprint density at radius 1 is 0.926 bits per heavy atom. The molecule has 3 rings (SSSR count). The molecule has 2 aromatic carbocycles. The molecule has 1 unspecified atom stereocenters. The first-order valence-electron chi connectivity index (χ1n) is 9.55. The topological polar surface area (TPSA) is 46.2 Å². The molecule has 3 nitrogen and oxygen atoms in total. The normalized spacial score (nSPS) is 20.1. The molecule has 2 aromatic rings. The van der Waals surface area contributed by atoms with Crippen LogP contribution in [0.4, 0.5) is 0 Å². The summed E-state index contributed by atoms with van der Waals surface area (Å²) in [5.41, 5.74) is 0.796. The number of rotatable bonds is 5. The number of benzene rings is 2. The number of nitrogens with one attached hydrogen (secondary N) is 1. The summed E-state index contributed by atoms with van der Waals surface area (Å²) in [6.07, 6.45) is 2.56. The van der Waals surface area contributed by atoms with E-state index >= 15 is 0 Å². The number of ketones is 1. The molecule has 27 heavy (non-hydrogen) atoms. The lowest BCUT2D eigenvalue weighted by molar-refractivity contribution is 0.0864. The third kappa shape index (κ3) is 5.14. The largest absolute Gasteiger partial charge is 0.307 e. The molecule has 4 heteroatoms. The maximum absolute atomic E-state index is 12.8. The summed E-state index contributed by atoms with van der Waals surface area (Å²) in [6, 6.07) is 16.6. The number of hydrogen-bond donors (Lipinski definition) is 1. The Kier molecular flexibility index (Phi) is 5.68. The molecule has 0 aromatic heterocycles. The molecule has 1 saturated heterocycles. The van der Waals surface area contributed by atoms with E-state index in [1.54, 1.807) is 0 Å². The van der Waals surface area contributed by atoms with Crippen LogP contribution >= 0.6 is 0 Å². The van der Waals surface area contributed by atoms with Crippen LogP contribution in [-0.2, 0) is 10.8 Å². The molecule has 1 atom stereocenters. The first-order valence-corrected chi connectivity index (χ1v) is 10.7. The van der Waals surface area contributed by atoms with Gasteiger partial charge in [-0.05, 0) is 70.7 Å². The number of piperidine rings is 1. The van der Waals surface area contributed by atoms with Gasteiger partial charge in [-0.2, -0.15) is 0 Å². The maximum Gasteiger partial charge on any atom is 0.163 e. The second kappa shape index (κ2) is 7.69. The van der Waals surface area contributed by atoms with E-state index in [1.807, 2.05) is 54.6 Å². The van der Waals surface area contributed by atoms with E-state index in [4.69, 9.17) is 0 Å². The molecule has 0 radical (unpaired) electrons. The van der Waals surface area contributed by atoms with E-state index in [1.165, 1.54) is 0 Å². The van der Waals surface area contributed by atoms with Crippen LogP contribution in [0.15, 0.2) is 64.4 Å². The summed E-state index contributed by atoms with van der Waals surface area (Å²) in [6.45, 7) is 8.83. The number of carbonyl (C=O) groups excluding carboxylic acids is 1. The molecular formula is C23H29NO2S. The van der Waals surface area contributed by atoms with Crippen molar-refractivity contribution >= 4 is 16.6 Å². The van der Waals surface area contributed by atoms with Crippen molar-refractivity contribution in [2.24, 2.45) is 5.92 Å². The van der Waals surface area contributed by atoms with Crippen LogP contribution in [-0.4, -0.2) is 21.1 Å². The van der Waals surface area contributed by atoms with Crippen molar-refractivity contribution in [3.8, 4) is 0 Å². The zero-order chi connectivity index (χ0) is 19.7. The third-order valence-electron chi connectivity index (χ3n) is 5.10. The average Bonchev–Trinajstić information content (AvgIpc) is 2.59. The van der Waals surface area contributed by atoms with Gasteiger partial charge in [-0.3, -0.25) is 4.79 Å². The van der Waals surface area contributed by atoms with Crippen molar-refractivity contribution in [2.75, 3.05) is 0 Å². The van der Waals surface area contributed by atoms with E-state index < -0.39 is 10.8 Å². The van der Waals surface area contributed by atoms with Crippen molar-refractivity contribution < 1.29 is 9.00 Å². The Hall–Kier alpha value is -1.78. The Morgan fingerprint density at radius 2 is 1.44 bits per heavy atom. The van der Waals surface area contributed by atoms with E-state index in [0.717, 1.165) is 22.6 Å². The highest BCUT2D eigenvalue weighted by atomic mass is 32.2. The second-order valence-corrected chi connectivity index (χ2v) is 10.4.